The third-order valence-electron chi connectivity index (χ3n) is 2.23. The van der Waals surface area contributed by atoms with E-state index in [9.17, 15) is 4.79 Å². The van der Waals surface area contributed by atoms with Gasteiger partial charge in [0.1, 0.15) is 5.75 Å². The molecular weight excluding hydrogens is 212 g/mol. The number of halogens is 1. The van der Waals surface area contributed by atoms with Crippen LogP contribution in [0.1, 0.15) is 25.8 Å². The maximum atomic E-state index is 10.9. The van der Waals surface area contributed by atoms with Crippen LogP contribution >= 0.6 is 11.6 Å². The van der Waals surface area contributed by atoms with Crippen molar-refractivity contribution in [3.05, 3.63) is 29.8 Å². The fraction of sp³-hybridized carbons (Fsp3) is 0.417. The smallest absolute Gasteiger partial charge is 0.262 e. The summed E-state index contributed by atoms with van der Waals surface area (Å²) in [5.74, 6) is 0.688. The normalized spacial score (nSPS) is 12.2. The van der Waals surface area contributed by atoms with Crippen LogP contribution in [0.2, 0.25) is 0 Å². The molecule has 1 atom stereocenters. The Labute approximate surface area is 95.2 Å². The molecule has 0 amide bonds. The number of aryl methyl sites for hydroxylation is 1. The van der Waals surface area contributed by atoms with Gasteiger partial charge in [-0.3, -0.25) is 4.79 Å². The molecule has 0 aliphatic heterocycles. The highest BCUT2D eigenvalue weighted by Crippen LogP contribution is 2.16. The van der Waals surface area contributed by atoms with Gasteiger partial charge < -0.3 is 4.74 Å². The van der Waals surface area contributed by atoms with Crippen molar-refractivity contribution in [3.8, 4) is 5.75 Å². The maximum absolute atomic E-state index is 10.9. The first kappa shape index (κ1) is 12.1. The van der Waals surface area contributed by atoms with Crippen LogP contribution < -0.4 is 4.74 Å². The standard InChI is InChI=1S/C12H15ClO2/c1-3-9-5-7-10(8-6-9)15-11(4-2)12(13)14/h5-8,11H,3-4H2,1-2H3/t11-/m0/s1. The van der Waals surface area contributed by atoms with Crippen molar-refractivity contribution in [3.63, 3.8) is 0 Å². The minimum atomic E-state index is -0.542. The molecule has 0 unspecified atom stereocenters. The topological polar surface area (TPSA) is 26.3 Å². The third kappa shape index (κ3) is 3.56. The number of hydrogen-bond donors (Lipinski definition) is 0. The van der Waals surface area contributed by atoms with E-state index in [0.29, 0.717) is 12.2 Å². The van der Waals surface area contributed by atoms with Crippen molar-refractivity contribution in [2.24, 2.45) is 0 Å². The van der Waals surface area contributed by atoms with Gasteiger partial charge in [0, 0.05) is 0 Å². The summed E-state index contributed by atoms with van der Waals surface area (Å²) in [5, 5.41) is -0.447. The van der Waals surface area contributed by atoms with Gasteiger partial charge in [-0.15, -0.1) is 0 Å². The molecular formula is C12H15ClO2. The Morgan fingerprint density at radius 2 is 1.93 bits per heavy atom. The molecule has 3 heteroatoms. The van der Waals surface area contributed by atoms with Gasteiger partial charge in [-0.25, -0.2) is 0 Å². The number of benzene rings is 1. The molecule has 0 saturated heterocycles. The van der Waals surface area contributed by atoms with Gasteiger partial charge in [-0.1, -0.05) is 26.0 Å². The van der Waals surface area contributed by atoms with Crippen molar-refractivity contribution >= 4 is 16.8 Å². The zero-order chi connectivity index (χ0) is 11.3. The summed E-state index contributed by atoms with van der Waals surface area (Å²) in [4.78, 5) is 10.9. The van der Waals surface area contributed by atoms with E-state index in [1.54, 1.807) is 0 Å². The number of ether oxygens (including phenoxy) is 1. The second-order valence-corrected chi connectivity index (χ2v) is 3.69. The lowest BCUT2D eigenvalue weighted by molar-refractivity contribution is -0.117. The fourth-order valence-electron chi connectivity index (χ4n) is 1.26. The maximum Gasteiger partial charge on any atom is 0.262 e. The molecule has 82 valence electrons. The molecule has 0 radical (unpaired) electrons. The largest absolute Gasteiger partial charge is 0.481 e. The van der Waals surface area contributed by atoms with E-state index in [-0.39, 0.29) is 0 Å². The summed E-state index contributed by atoms with van der Waals surface area (Å²) in [7, 11) is 0. The molecule has 15 heavy (non-hydrogen) atoms. The summed E-state index contributed by atoms with van der Waals surface area (Å²) in [6.07, 6.45) is 1.03. The van der Waals surface area contributed by atoms with Crippen LogP contribution in [0.15, 0.2) is 24.3 Å². The van der Waals surface area contributed by atoms with Gasteiger partial charge in [0.2, 0.25) is 0 Å². The van der Waals surface area contributed by atoms with E-state index in [1.807, 2.05) is 31.2 Å². The first-order chi connectivity index (χ1) is 7.17. The van der Waals surface area contributed by atoms with E-state index >= 15 is 0 Å². The SMILES string of the molecule is CCc1ccc(O[C@@H](CC)C(=O)Cl)cc1. The lowest BCUT2D eigenvalue weighted by Crippen LogP contribution is -2.22. The molecule has 0 fully saturated rings. The Kier molecular flexibility index (Phi) is 4.63. The molecule has 0 saturated carbocycles. The van der Waals surface area contributed by atoms with E-state index in [4.69, 9.17) is 16.3 Å². The van der Waals surface area contributed by atoms with E-state index in [1.165, 1.54) is 5.56 Å². The number of rotatable bonds is 5. The van der Waals surface area contributed by atoms with Crippen LogP contribution in [-0.2, 0) is 11.2 Å². The Morgan fingerprint density at radius 3 is 2.33 bits per heavy atom. The molecule has 0 spiro atoms. The molecule has 0 aliphatic rings. The third-order valence-corrected chi connectivity index (χ3v) is 2.48. The monoisotopic (exact) mass is 226 g/mol. The highest BCUT2D eigenvalue weighted by molar-refractivity contribution is 6.64. The fourth-order valence-corrected chi connectivity index (χ4v) is 1.46. The molecule has 1 rings (SSSR count). The minimum absolute atomic E-state index is 0.447. The molecule has 1 aromatic rings. The quantitative estimate of drug-likeness (QED) is 0.721. The van der Waals surface area contributed by atoms with Gasteiger partial charge in [0.25, 0.3) is 5.24 Å². The Morgan fingerprint density at radius 1 is 1.33 bits per heavy atom. The highest BCUT2D eigenvalue weighted by Gasteiger charge is 2.15. The average molecular weight is 227 g/mol. The molecule has 0 aliphatic carbocycles. The zero-order valence-corrected chi connectivity index (χ0v) is 9.75. The predicted octanol–water partition coefficient (Wildman–Crippen LogP) is 3.17. The van der Waals surface area contributed by atoms with Crippen molar-refractivity contribution in [2.75, 3.05) is 0 Å². The molecule has 0 bridgehead atoms. The lowest BCUT2D eigenvalue weighted by atomic mass is 10.2. The average Bonchev–Trinajstić information content (AvgIpc) is 2.26. The van der Waals surface area contributed by atoms with E-state index in [0.717, 1.165) is 6.42 Å². The highest BCUT2D eigenvalue weighted by atomic mass is 35.5. The molecule has 0 N–H and O–H groups in total. The summed E-state index contributed by atoms with van der Waals surface area (Å²) in [6, 6.07) is 7.70. The predicted molar refractivity (Wildman–Crippen MR) is 61.4 cm³/mol. The van der Waals surface area contributed by atoms with E-state index in [2.05, 4.69) is 6.92 Å². The van der Waals surface area contributed by atoms with Crippen molar-refractivity contribution in [1.82, 2.24) is 0 Å². The van der Waals surface area contributed by atoms with Crippen LogP contribution in [0.5, 0.6) is 5.75 Å². The molecule has 1 aromatic carbocycles. The van der Waals surface area contributed by atoms with Crippen LogP contribution in [0, 0.1) is 0 Å². The molecule has 0 heterocycles. The van der Waals surface area contributed by atoms with Crippen LogP contribution in [-0.4, -0.2) is 11.3 Å². The number of carbonyl (C=O) groups excluding carboxylic acids is 1. The molecule has 0 aromatic heterocycles. The van der Waals surface area contributed by atoms with Gasteiger partial charge >= 0.3 is 0 Å². The van der Waals surface area contributed by atoms with Gasteiger partial charge in [-0.2, -0.15) is 0 Å². The van der Waals surface area contributed by atoms with E-state index < -0.39 is 11.3 Å². The lowest BCUT2D eigenvalue weighted by Gasteiger charge is -2.13. The zero-order valence-electron chi connectivity index (χ0n) is 9.00. The van der Waals surface area contributed by atoms with Gasteiger partial charge in [0.15, 0.2) is 6.10 Å². The van der Waals surface area contributed by atoms with Gasteiger partial charge in [0.05, 0.1) is 0 Å². The van der Waals surface area contributed by atoms with Gasteiger partial charge in [-0.05, 0) is 42.1 Å². The number of hydrogen-bond acceptors (Lipinski definition) is 2. The number of carbonyl (C=O) groups is 1. The summed E-state index contributed by atoms with van der Waals surface area (Å²) >= 11 is 5.39. The first-order valence-electron chi connectivity index (χ1n) is 5.12. The second-order valence-electron chi connectivity index (χ2n) is 3.32. The Hall–Kier alpha value is -1.02. The van der Waals surface area contributed by atoms with Crippen LogP contribution in [0.4, 0.5) is 0 Å². The summed E-state index contributed by atoms with van der Waals surface area (Å²) in [6.45, 7) is 3.96. The summed E-state index contributed by atoms with van der Waals surface area (Å²) < 4.78 is 5.44. The Bertz CT molecular complexity index is 319. The summed E-state index contributed by atoms with van der Waals surface area (Å²) in [5.41, 5.74) is 1.24. The first-order valence-corrected chi connectivity index (χ1v) is 5.50. The molecule has 2 nitrogen and oxygen atoms in total. The second kappa shape index (κ2) is 5.76. The van der Waals surface area contributed by atoms with Crippen LogP contribution in [0.25, 0.3) is 0 Å². The van der Waals surface area contributed by atoms with Crippen molar-refractivity contribution in [1.29, 1.82) is 0 Å². The van der Waals surface area contributed by atoms with Crippen molar-refractivity contribution in [2.45, 2.75) is 32.8 Å². The van der Waals surface area contributed by atoms with Crippen molar-refractivity contribution < 1.29 is 9.53 Å². The van der Waals surface area contributed by atoms with Crippen LogP contribution in [0.3, 0.4) is 0 Å². The minimum Gasteiger partial charge on any atom is -0.481 e. The Balaban J connectivity index is 2.67.